The van der Waals surface area contributed by atoms with Gasteiger partial charge in [-0.15, -0.1) is 0 Å². The fourth-order valence-corrected chi connectivity index (χ4v) is 2.86. The summed E-state index contributed by atoms with van der Waals surface area (Å²) in [7, 11) is 1.70. The van der Waals surface area contributed by atoms with Crippen LogP contribution < -0.4 is 4.74 Å². The zero-order valence-electron chi connectivity index (χ0n) is 10.6. The highest BCUT2D eigenvalue weighted by Gasteiger charge is 2.27. The minimum absolute atomic E-state index is 0.561. The van der Waals surface area contributed by atoms with Gasteiger partial charge in [-0.2, -0.15) is 0 Å². The van der Waals surface area contributed by atoms with Crippen LogP contribution in [0.4, 0.5) is 0 Å². The maximum atomic E-state index is 5.39. The summed E-state index contributed by atoms with van der Waals surface area (Å²) in [5, 5.41) is 0. The molecule has 1 aliphatic rings. The predicted molar refractivity (Wildman–Crippen MR) is 67.8 cm³/mol. The molecule has 3 nitrogen and oxygen atoms in total. The largest absolute Gasteiger partial charge is 0.493 e. The fourth-order valence-electron chi connectivity index (χ4n) is 2.86. The molecule has 2 unspecified atom stereocenters. The summed E-state index contributed by atoms with van der Waals surface area (Å²) in [5.74, 6) is 2.01. The highest BCUT2D eigenvalue weighted by molar-refractivity contribution is 5.57. The third kappa shape index (κ3) is 1.45. The zero-order valence-corrected chi connectivity index (χ0v) is 10.6. The van der Waals surface area contributed by atoms with Crippen LogP contribution in [0.5, 0.6) is 5.75 Å². The molecule has 0 aromatic carbocycles. The van der Waals surface area contributed by atoms with Gasteiger partial charge in [0.2, 0.25) is 0 Å². The molecular weight excluding hydrogens is 212 g/mol. The van der Waals surface area contributed by atoms with Gasteiger partial charge in [0.15, 0.2) is 11.4 Å². The van der Waals surface area contributed by atoms with Gasteiger partial charge in [0.05, 0.1) is 12.8 Å². The lowest BCUT2D eigenvalue weighted by molar-refractivity contribution is 0.416. The van der Waals surface area contributed by atoms with Crippen LogP contribution in [0.2, 0.25) is 0 Å². The second kappa shape index (κ2) is 3.76. The maximum absolute atomic E-state index is 5.39. The Kier molecular flexibility index (Phi) is 2.35. The van der Waals surface area contributed by atoms with Crippen molar-refractivity contribution in [2.45, 2.75) is 38.5 Å². The molecule has 3 rings (SSSR count). The molecule has 2 aromatic rings. The molecule has 3 heteroatoms. The number of hydrogen-bond donors (Lipinski definition) is 0. The Morgan fingerprint density at radius 2 is 2.06 bits per heavy atom. The minimum atomic E-state index is 0.561. The summed E-state index contributed by atoms with van der Waals surface area (Å²) < 4.78 is 7.60. The molecule has 2 atom stereocenters. The van der Waals surface area contributed by atoms with Crippen LogP contribution in [0.25, 0.3) is 5.65 Å². The van der Waals surface area contributed by atoms with Gasteiger partial charge in [0.1, 0.15) is 0 Å². The van der Waals surface area contributed by atoms with Crippen molar-refractivity contribution in [3.63, 3.8) is 0 Å². The molecule has 0 amide bonds. The smallest absolute Gasteiger partial charge is 0.180 e. The third-order valence-electron chi connectivity index (χ3n) is 3.87. The summed E-state index contributed by atoms with van der Waals surface area (Å²) in [6, 6.07) is 4.00. The predicted octanol–water partition coefficient (Wildman–Crippen LogP) is 3.34. The lowest BCUT2D eigenvalue weighted by Crippen LogP contribution is -2.11. The van der Waals surface area contributed by atoms with Gasteiger partial charge in [-0.3, -0.25) is 0 Å². The van der Waals surface area contributed by atoms with E-state index in [1.165, 1.54) is 24.2 Å². The quantitative estimate of drug-likeness (QED) is 0.751. The van der Waals surface area contributed by atoms with E-state index in [0.29, 0.717) is 11.8 Å². The van der Waals surface area contributed by atoms with E-state index < -0.39 is 0 Å². The average Bonchev–Trinajstić information content (AvgIpc) is 2.74. The van der Waals surface area contributed by atoms with Gasteiger partial charge in [-0.05, 0) is 30.9 Å². The lowest BCUT2D eigenvalue weighted by Gasteiger charge is -2.23. The molecule has 0 fully saturated rings. The second-order valence-electron chi connectivity index (χ2n) is 5.03. The number of nitrogens with zero attached hydrogens (tertiary/aromatic N) is 2. The van der Waals surface area contributed by atoms with E-state index in [1.807, 2.05) is 12.1 Å². The molecule has 2 aromatic heterocycles. The van der Waals surface area contributed by atoms with Gasteiger partial charge >= 0.3 is 0 Å². The second-order valence-corrected chi connectivity index (χ2v) is 5.03. The highest BCUT2D eigenvalue weighted by atomic mass is 16.5. The molecule has 17 heavy (non-hydrogen) atoms. The molecule has 0 saturated heterocycles. The maximum Gasteiger partial charge on any atom is 0.180 e. The van der Waals surface area contributed by atoms with E-state index in [0.717, 1.165) is 11.4 Å². The number of ether oxygens (including phenoxy) is 1. The topological polar surface area (TPSA) is 26.5 Å². The van der Waals surface area contributed by atoms with Crippen LogP contribution in [-0.2, 0) is 0 Å². The van der Waals surface area contributed by atoms with Crippen molar-refractivity contribution in [2.24, 2.45) is 0 Å². The molecule has 0 radical (unpaired) electrons. The monoisotopic (exact) mass is 230 g/mol. The molecule has 0 spiro atoms. The van der Waals surface area contributed by atoms with Gasteiger partial charge in [-0.1, -0.05) is 13.8 Å². The molecule has 90 valence electrons. The van der Waals surface area contributed by atoms with Crippen molar-refractivity contribution in [3.8, 4) is 5.75 Å². The van der Waals surface area contributed by atoms with E-state index in [4.69, 9.17) is 9.72 Å². The lowest BCUT2D eigenvalue weighted by atomic mass is 9.85. The van der Waals surface area contributed by atoms with Crippen molar-refractivity contribution in [2.75, 3.05) is 7.11 Å². The van der Waals surface area contributed by atoms with Crippen molar-refractivity contribution in [1.29, 1.82) is 0 Å². The number of rotatable bonds is 1. The van der Waals surface area contributed by atoms with Crippen LogP contribution in [0, 0.1) is 0 Å². The number of hydrogen-bond acceptors (Lipinski definition) is 2. The summed E-state index contributed by atoms with van der Waals surface area (Å²) in [5.41, 5.74) is 3.59. The van der Waals surface area contributed by atoms with Crippen molar-refractivity contribution < 1.29 is 4.74 Å². The zero-order chi connectivity index (χ0) is 12.0. The Bertz CT molecular complexity index is 559. The minimum Gasteiger partial charge on any atom is -0.493 e. The number of methoxy groups -OCH3 is 1. The van der Waals surface area contributed by atoms with Crippen LogP contribution in [0.15, 0.2) is 18.3 Å². The Hall–Kier alpha value is -1.51. The number of fused-ring (bicyclic) bond motifs is 3. The molecular formula is C14H18N2O. The molecule has 1 aliphatic carbocycles. The van der Waals surface area contributed by atoms with E-state index in [2.05, 4.69) is 24.4 Å². The highest BCUT2D eigenvalue weighted by Crippen LogP contribution is 2.39. The fraction of sp³-hybridized carbons (Fsp3) is 0.500. The Labute approximate surface area is 101 Å². The summed E-state index contributed by atoms with van der Waals surface area (Å²) >= 11 is 0. The first-order valence-corrected chi connectivity index (χ1v) is 6.27. The normalized spacial score (nSPS) is 23.7. The van der Waals surface area contributed by atoms with E-state index in [1.54, 1.807) is 7.11 Å². The first-order chi connectivity index (χ1) is 8.22. The van der Waals surface area contributed by atoms with Crippen LogP contribution >= 0.6 is 0 Å². The summed E-state index contributed by atoms with van der Waals surface area (Å²) in [4.78, 5) is 4.79. The van der Waals surface area contributed by atoms with E-state index in [-0.39, 0.29) is 0 Å². The van der Waals surface area contributed by atoms with Gasteiger partial charge < -0.3 is 9.14 Å². The van der Waals surface area contributed by atoms with Crippen LogP contribution in [0.3, 0.4) is 0 Å². The van der Waals surface area contributed by atoms with Gasteiger partial charge in [-0.25, -0.2) is 4.98 Å². The first-order valence-electron chi connectivity index (χ1n) is 6.27. The molecule has 0 N–H and O–H groups in total. The standard InChI is InChI=1S/C14H18N2O/c1-9-6-7-10(2)13-12(9)15-14-11(17-3)5-4-8-16(13)14/h4-5,8-10H,6-7H2,1-3H3. The van der Waals surface area contributed by atoms with E-state index in [9.17, 15) is 0 Å². The molecule has 0 aliphatic heterocycles. The first kappa shape index (κ1) is 10.6. The Morgan fingerprint density at radius 3 is 2.82 bits per heavy atom. The van der Waals surface area contributed by atoms with Crippen molar-refractivity contribution in [3.05, 3.63) is 29.7 Å². The van der Waals surface area contributed by atoms with Crippen LogP contribution in [-0.4, -0.2) is 16.5 Å². The van der Waals surface area contributed by atoms with Crippen LogP contribution in [0.1, 0.15) is 49.9 Å². The third-order valence-corrected chi connectivity index (χ3v) is 3.87. The molecule has 0 saturated carbocycles. The van der Waals surface area contributed by atoms with Crippen molar-refractivity contribution >= 4 is 5.65 Å². The molecule has 0 bridgehead atoms. The number of imidazole rings is 1. The molecule has 2 heterocycles. The Balaban J connectivity index is 2.33. The number of pyridine rings is 1. The van der Waals surface area contributed by atoms with Gasteiger partial charge in [0, 0.05) is 17.8 Å². The average molecular weight is 230 g/mol. The van der Waals surface area contributed by atoms with Crippen molar-refractivity contribution in [1.82, 2.24) is 9.38 Å². The summed E-state index contributed by atoms with van der Waals surface area (Å²) in [6.07, 6.45) is 4.58. The number of aromatic nitrogens is 2. The summed E-state index contributed by atoms with van der Waals surface area (Å²) in [6.45, 7) is 4.56. The van der Waals surface area contributed by atoms with Gasteiger partial charge in [0.25, 0.3) is 0 Å². The van der Waals surface area contributed by atoms with E-state index >= 15 is 0 Å². The Morgan fingerprint density at radius 1 is 1.29 bits per heavy atom. The SMILES string of the molecule is COc1cccn2c3c(nc12)C(C)CCC3C.